The molecule has 1 aliphatic carbocycles. The molecule has 47 heavy (non-hydrogen) atoms. The minimum atomic E-state index is -0.442. The van der Waals surface area contributed by atoms with Gasteiger partial charge in [0.25, 0.3) is 23.3 Å². The molecular weight excluding hydrogens is 598 g/mol. The fourth-order valence-corrected chi connectivity index (χ4v) is 6.00. The summed E-state index contributed by atoms with van der Waals surface area (Å²) in [5.41, 5.74) is 4.26. The van der Waals surface area contributed by atoms with Crippen LogP contribution in [0.1, 0.15) is 83.9 Å². The lowest BCUT2D eigenvalue weighted by Gasteiger charge is -2.25. The van der Waals surface area contributed by atoms with Crippen LogP contribution >= 0.6 is 0 Å². The molecule has 12 heteroatoms. The number of anilines is 2. The van der Waals surface area contributed by atoms with Crippen LogP contribution in [-0.4, -0.2) is 37.0 Å². The average Bonchev–Trinajstić information content (AvgIpc) is 3.69. The summed E-state index contributed by atoms with van der Waals surface area (Å²) < 4.78 is 8.35. The number of benzene rings is 1. The van der Waals surface area contributed by atoms with Gasteiger partial charge >= 0.3 is 0 Å². The standard InChI is InChI=1S/C33H33N7O5.C2H6/c1-6-25-28-24(32(43)40(25)23-12-10-20(11-13-23)27-19(3)45-39(5)33(27)44)14-18(2)35-29(28)31(42)36-22-9-7-8-21(15-22)30(41)37-26-16-38(4)17-34-26;1-2/h8,10-17,25H,6-7,9H2,1-5H3,(H,36,42)(H,37,41);1-2H3. The number of carbonyl (C=O) groups is 3. The van der Waals surface area contributed by atoms with Crippen molar-refractivity contribution in [1.29, 1.82) is 0 Å². The predicted octanol–water partition coefficient (Wildman–Crippen LogP) is 5.50. The molecule has 1 atom stereocenters. The van der Waals surface area contributed by atoms with Gasteiger partial charge in [0, 0.05) is 54.1 Å². The van der Waals surface area contributed by atoms with E-state index in [1.807, 2.05) is 33.9 Å². The molecule has 4 aromatic rings. The van der Waals surface area contributed by atoms with Crippen LogP contribution in [0.2, 0.25) is 0 Å². The number of rotatable bonds is 7. The lowest BCUT2D eigenvalue weighted by Crippen LogP contribution is -2.29. The Balaban J connectivity index is 0.00000213. The quantitative estimate of drug-likeness (QED) is 0.272. The first kappa shape index (κ1) is 32.9. The SMILES string of the molecule is CC.CCC1c2c(cc(C)nc2C(=O)NC2=CC(C(=O)Nc3cn(C)cn3)=CCC2)C(=O)N1c1ccc(-c2c(C)on(C)c2=O)cc1. The molecule has 3 aromatic heterocycles. The molecule has 1 unspecified atom stereocenters. The summed E-state index contributed by atoms with van der Waals surface area (Å²) in [6.45, 7) is 9.44. The van der Waals surface area contributed by atoms with Crippen LogP contribution in [0.5, 0.6) is 0 Å². The number of nitrogens with one attached hydrogen (secondary N) is 2. The molecule has 0 fully saturated rings. The van der Waals surface area contributed by atoms with Crippen LogP contribution in [0.3, 0.4) is 0 Å². The summed E-state index contributed by atoms with van der Waals surface area (Å²) in [4.78, 5) is 63.4. The lowest BCUT2D eigenvalue weighted by atomic mass is 9.98. The molecule has 2 N–H and O–H groups in total. The number of imidazole rings is 1. The van der Waals surface area contributed by atoms with Crippen molar-refractivity contribution >= 4 is 29.2 Å². The predicted molar refractivity (Wildman–Crippen MR) is 179 cm³/mol. The van der Waals surface area contributed by atoms with Crippen LogP contribution in [0, 0.1) is 13.8 Å². The van der Waals surface area contributed by atoms with Gasteiger partial charge in [-0.3, -0.25) is 19.2 Å². The zero-order valence-corrected chi connectivity index (χ0v) is 27.7. The van der Waals surface area contributed by atoms with Crippen molar-refractivity contribution in [3.63, 3.8) is 0 Å². The first-order chi connectivity index (χ1) is 22.5. The van der Waals surface area contributed by atoms with Gasteiger partial charge in [0.1, 0.15) is 11.5 Å². The number of allylic oxidation sites excluding steroid dienone is 2. The monoisotopic (exact) mass is 637 g/mol. The summed E-state index contributed by atoms with van der Waals surface area (Å²) in [7, 11) is 3.37. The Hall–Kier alpha value is -5.52. The van der Waals surface area contributed by atoms with E-state index in [1.165, 1.54) is 4.74 Å². The first-order valence-electron chi connectivity index (χ1n) is 15.7. The van der Waals surface area contributed by atoms with Crippen molar-refractivity contribution in [1.82, 2.24) is 24.6 Å². The van der Waals surface area contributed by atoms with Gasteiger partial charge < -0.3 is 24.6 Å². The summed E-state index contributed by atoms with van der Waals surface area (Å²) in [6.07, 6.45) is 8.41. The normalized spacial score (nSPS) is 15.3. The second-order valence-corrected chi connectivity index (χ2v) is 11.2. The highest BCUT2D eigenvalue weighted by atomic mass is 16.5. The number of pyridine rings is 1. The van der Waals surface area contributed by atoms with E-state index in [0.717, 1.165) is 0 Å². The topological polar surface area (TPSA) is 144 Å². The average molecular weight is 638 g/mol. The third-order valence-electron chi connectivity index (χ3n) is 8.03. The second kappa shape index (κ2) is 13.5. The largest absolute Gasteiger partial charge is 0.381 e. The fraction of sp³-hybridized carbons (Fsp3) is 0.314. The Morgan fingerprint density at radius 1 is 1.04 bits per heavy atom. The molecule has 0 saturated heterocycles. The minimum absolute atomic E-state index is 0.178. The third kappa shape index (κ3) is 6.31. The van der Waals surface area contributed by atoms with E-state index >= 15 is 0 Å². The van der Waals surface area contributed by atoms with Gasteiger partial charge in [0.2, 0.25) is 0 Å². The van der Waals surface area contributed by atoms with Crippen LogP contribution in [-0.2, 0) is 18.9 Å². The molecule has 1 aliphatic heterocycles. The van der Waals surface area contributed by atoms with Crippen molar-refractivity contribution in [2.45, 2.75) is 59.9 Å². The van der Waals surface area contributed by atoms with Gasteiger partial charge in [-0.05, 0) is 62.9 Å². The van der Waals surface area contributed by atoms with Crippen molar-refractivity contribution in [3.8, 4) is 11.1 Å². The number of aryl methyl sites for hydroxylation is 4. The molecule has 244 valence electrons. The maximum atomic E-state index is 13.8. The van der Waals surface area contributed by atoms with Gasteiger partial charge in [0.15, 0.2) is 5.82 Å². The maximum absolute atomic E-state index is 13.8. The highest BCUT2D eigenvalue weighted by Gasteiger charge is 2.41. The van der Waals surface area contributed by atoms with Gasteiger partial charge in [-0.2, -0.15) is 4.74 Å². The van der Waals surface area contributed by atoms with Crippen molar-refractivity contribution in [3.05, 3.63) is 105 Å². The molecule has 1 aromatic carbocycles. The third-order valence-corrected chi connectivity index (χ3v) is 8.03. The Morgan fingerprint density at radius 2 is 1.77 bits per heavy atom. The van der Waals surface area contributed by atoms with Gasteiger partial charge in [-0.25, -0.2) is 9.97 Å². The van der Waals surface area contributed by atoms with E-state index in [2.05, 4.69) is 20.6 Å². The Bertz CT molecular complexity index is 1980. The van der Waals surface area contributed by atoms with E-state index in [4.69, 9.17) is 4.52 Å². The van der Waals surface area contributed by atoms with Gasteiger partial charge in [-0.1, -0.05) is 39.0 Å². The number of fused-ring (bicyclic) bond motifs is 1. The molecule has 0 spiro atoms. The Morgan fingerprint density at radius 3 is 2.38 bits per heavy atom. The number of hydrogen-bond acceptors (Lipinski definition) is 7. The Labute approximate surface area is 272 Å². The molecule has 4 heterocycles. The molecule has 2 aliphatic rings. The zero-order chi connectivity index (χ0) is 34.0. The van der Waals surface area contributed by atoms with Crippen molar-refractivity contribution in [2.75, 3.05) is 10.2 Å². The minimum Gasteiger partial charge on any atom is -0.381 e. The first-order valence-corrected chi connectivity index (χ1v) is 15.7. The van der Waals surface area contributed by atoms with E-state index < -0.39 is 11.9 Å². The highest BCUT2D eigenvalue weighted by molar-refractivity contribution is 6.13. The highest BCUT2D eigenvalue weighted by Crippen LogP contribution is 2.41. The summed E-state index contributed by atoms with van der Waals surface area (Å²) in [5, 5.41) is 5.71. The van der Waals surface area contributed by atoms with E-state index in [0.29, 0.717) is 75.7 Å². The van der Waals surface area contributed by atoms with E-state index in [-0.39, 0.29) is 23.1 Å². The number of aromatic nitrogens is 4. The fourth-order valence-electron chi connectivity index (χ4n) is 6.00. The molecule has 0 bridgehead atoms. The molecule has 0 radical (unpaired) electrons. The summed E-state index contributed by atoms with van der Waals surface area (Å²) in [6, 6.07) is 8.45. The smallest absolute Gasteiger partial charge is 0.290 e. The van der Waals surface area contributed by atoms with Crippen LogP contribution < -0.4 is 21.1 Å². The molecule has 12 nitrogen and oxygen atoms in total. The molecule has 6 rings (SSSR count). The Kier molecular flexibility index (Phi) is 9.41. The number of hydrogen-bond donors (Lipinski definition) is 2. The van der Waals surface area contributed by atoms with Crippen LogP contribution in [0.4, 0.5) is 11.5 Å². The van der Waals surface area contributed by atoms with Crippen molar-refractivity contribution in [2.24, 2.45) is 14.1 Å². The van der Waals surface area contributed by atoms with Crippen LogP contribution in [0.25, 0.3) is 11.1 Å². The van der Waals surface area contributed by atoms with E-state index in [1.54, 1.807) is 79.3 Å². The number of amides is 3. The number of carbonyl (C=O) groups excluding carboxylic acids is 3. The van der Waals surface area contributed by atoms with Crippen molar-refractivity contribution < 1.29 is 18.9 Å². The lowest BCUT2D eigenvalue weighted by molar-refractivity contribution is -0.112. The summed E-state index contributed by atoms with van der Waals surface area (Å²) >= 11 is 0. The van der Waals surface area contributed by atoms with Gasteiger partial charge in [0.05, 0.1) is 17.9 Å². The second-order valence-electron chi connectivity index (χ2n) is 11.2. The maximum Gasteiger partial charge on any atom is 0.290 e. The molecular formula is C35H39N7O5. The molecule has 3 amide bonds. The van der Waals surface area contributed by atoms with E-state index in [9.17, 15) is 19.2 Å². The van der Waals surface area contributed by atoms with Gasteiger partial charge in [-0.15, -0.1) is 0 Å². The summed E-state index contributed by atoms with van der Waals surface area (Å²) in [5.74, 6) is -0.0534. The molecule has 0 saturated carbocycles. The number of nitrogens with zero attached hydrogens (tertiary/aromatic N) is 5. The zero-order valence-electron chi connectivity index (χ0n) is 27.7. The van der Waals surface area contributed by atoms with Crippen LogP contribution in [0.15, 0.2) is 75.6 Å².